The van der Waals surface area contributed by atoms with Crippen LogP contribution in [0.15, 0.2) is 11.2 Å². The number of rotatable bonds is 1. The fraction of sp³-hybridized carbons (Fsp3) is 0.667. The van der Waals surface area contributed by atoms with Crippen LogP contribution in [0.4, 0.5) is 0 Å². The first-order valence-electron chi connectivity index (χ1n) is 3.36. The predicted molar refractivity (Wildman–Crippen MR) is 39.9 cm³/mol. The third-order valence-electron chi connectivity index (χ3n) is 1.46. The number of hydrogen-bond acceptors (Lipinski definition) is 4. The van der Waals surface area contributed by atoms with Crippen LogP contribution in [0.2, 0.25) is 0 Å². The molecule has 0 aromatic rings. The summed E-state index contributed by atoms with van der Waals surface area (Å²) in [4.78, 5) is 0. The number of nitrogens with zero attached hydrogens (tertiary/aromatic N) is 3. The lowest BCUT2D eigenvalue weighted by atomic mass is 10.3. The van der Waals surface area contributed by atoms with Gasteiger partial charge in [-0.05, 0) is 19.9 Å². The van der Waals surface area contributed by atoms with Crippen LogP contribution in [0.5, 0.6) is 0 Å². The van der Waals surface area contributed by atoms with Gasteiger partial charge in [0.2, 0.25) is 0 Å². The van der Waals surface area contributed by atoms with Crippen molar-refractivity contribution in [2.75, 3.05) is 6.54 Å². The van der Waals surface area contributed by atoms with E-state index in [9.17, 15) is 0 Å². The fourth-order valence-corrected chi connectivity index (χ4v) is 0.780. The van der Waals surface area contributed by atoms with Gasteiger partial charge in [-0.25, -0.2) is 11.0 Å². The molecule has 10 heavy (non-hydrogen) atoms. The fourth-order valence-electron chi connectivity index (χ4n) is 0.780. The van der Waals surface area contributed by atoms with Crippen LogP contribution < -0.4 is 5.84 Å². The van der Waals surface area contributed by atoms with Crippen molar-refractivity contribution in [1.82, 2.24) is 10.2 Å². The molecule has 0 aromatic carbocycles. The van der Waals surface area contributed by atoms with Gasteiger partial charge in [0, 0.05) is 5.87 Å². The Morgan fingerprint density at radius 2 is 2.50 bits per heavy atom. The van der Waals surface area contributed by atoms with Gasteiger partial charge in [-0.2, -0.15) is 0 Å². The number of hydrogen-bond donors (Lipinski definition) is 1. The molecule has 0 fully saturated rings. The zero-order valence-corrected chi connectivity index (χ0v) is 6.28. The van der Waals surface area contributed by atoms with Crippen LogP contribution in [0.25, 0.3) is 0 Å². The molecule has 1 rings (SSSR count). The zero-order valence-electron chi connectivity index (χ0n) is 6.28. The van der Waals surface area contributed by atoms with E-state index in [1.807, 2.05) is 19.9 Å². The highest BCUT2D eigenvalue weighted by Crippen LogP contribution is 2.02. The summed E-state index contributed by atoms with van der Waals surface area (Å²) in [5.74, 6) is 8.40. The maximum atomic E-state index is 5.63. The van der Waals surface area contributed by atoms with Gasteiger partial charge in [0.15, 0.2) is 0 Å². The molecule has 1 aliphatic heterocycles. The van der Waals surface area contributed by atoms with Gasteiger partial charge in [-0.1, -0.05) is 0 Å². The smallest absolute Gasteiger partial charge is 0.0706 e. The lowest BCUT2D eigenvalue weighted by molar-refractivity contribution is -0.0416. The molecule has 0 saturated heterocycles. The van der Waals surface area contributed by atoms with E-state index in [0.717, 1.165) is 6.54 Å². The maximum Gasteiger partial charge on any atom is 0.0706 e. The van der Waals surface area contributed by atoms with E-state index in [2.05, 4.69) is 11.0 Å². The van der Waals surface area contributed by atoms with Crippen LogP contribution in [0, 0.1) is 0 Å². The van der Waals surface area contributed by atoms with Gasteiger partial charge in [0.05, 0.1) is 12.6 Å². The van der Waals surface area contributed by atoms with Crippen LogP contribution >= 0.6 is 0 Å². The Labute approximate surface area is 60.5 Å². The van der Waals surface area contributed by atoms with Gasteiger partial charge in [0.1, 0.15) is 0 Å². The third-order valence-corrected chi connectivity index (χ3v) is 1.46. The molecule has 0 spiro atoms. The van der Waals surface area contributed by atoms with Crippen LogP contribution in [0.3, 0.4) is 0 Å². The molecule has 0 radical (unpaired) electrons. The molecule has 0 amide bonds. The van der Waals surface area contributed by atoms with E-state index in [4.69, 9.17) is 5.84 Å². The topological polar surface area (TPSA) is 44.9 Å². The Balaban J connectivity index is 2.69. The van der Waals surface area contributed by atoms with E-state index in [1.165, 1.54) is 0 Å². The van der Waals surface area contributed by atoms with Crippen LogP contribution in [0.1, 0.15) is 13.8 Å². The SMILES string of the molecule is CCN1N=C=CC(C)N1N. The third kappa shape index (κ3) is 1.19. The van der Waals surface area contributed by atoms with Gasteiger partial charge in [-0.15, -0.1) is 10.2 Å². The molecule has 4 nitrogen and oxygen atoms in total. The van der Waals surface area contributed by atoms with Crippen molar-refractivity contribution in [2.45, 2.75) is 19.9 Å². The van der Waals surface area contributed by atoms with Gasteiger partial charge < -0.3 is 0 Å². The van der Waals surface area contributed by atoms with E-state index in [1.54, 1.807) is 10.2 Å². The van der Waals surface area contributed by atoms with E-state index >= 15 is 0 Å². The standard InChI is InChI=1S/C6H12N4/c1-3-9-8-5-4-6(2)10(9)7/h4,6H,3,7H2,1-2H3. The Morgan fingerprint density at radius 3 is 3.00 bits per heavy atom. The molecule has 0 saturated carbocycles. The monoisotopic (exact) mass is 140 g/mol. The molecule has 1 unspecified atom stereocenters. The minimum Gasteiger partial charge on any atom is -0.249 e. The Hall–Kier alpha value is -0.830. The maximum absolute atomic E-state index is 5.63. The molecule has 4 heteroatoms. The van der Waals surface area contributed by atoms with Crippen molar-refractivity contribution >= 4 is 5.87 Å². The summed E-state index contributed by atoms with van der Waals surface area (Å²) in [5, 5.41) is 7.16. The van der Waals surface area contributed by atoms with Crippen molar-refractivity contribution in [2.24, 2.45) is 10.9 Å². The Kier molecular flexibility index (Phi) is 2.06. The summed E-state index contributed by atoms with van der Waals surface area (Å²) < 4.78 is 0. The minimum absolute atomic E-state index is 0.192. The van der Waals surface area contributed by atoms with Crippen molar-refractivity contribution < 1.29 is 0 Å². The number of hydrazine groups is 2. The normalized spacial score (nSPS) is 25.9. The van der Waals surface area contributed by atoms with Crippen molar-refractivity contribution in [3.05, 3.63) is 6.08 Å². The summed E-state index contributed by atoms with van der Waals surface area (Å²) >= 11 is 0. The number of hydrazone groups is 1. The zero-order chi connectivity index (χ0) is 7.56. The summed E-state index contributed by atoms with van der Waals surface area (Å²) in [6, 6.07) is 0.192. The van der Waals surface area contributed by atoms with E-state index in [-0.39, 0.29) is 6.04 Å². The molecule has 56 valence electrons. The average molecular weight is 140 g/mol. The molecule has 2 N–H and O–H groups in total. The molecule has 0 bridgehead atoms. The van der Waals surface area contributed by atoms with Crippen LogP contribution in [-0.2, 0) is 0 Å². The summed E-state index contributed by atoms with van der Waals surface area (Å²) in [5.41, 5.74) is 0. The summed E-state index contributed by atoms with van der Waals surface area (Å²) in [7, 11) is 0. The first-order chi connectivity index (χ1) is 4.75. The molecule has 0 aliphatic carbocycles. The van der Waals surface area contributed by atoms with Gasteiger partial charge >= 0.3 is 0 Å². The summed E-state index contributed by atoms with van der Waals surface area (Å²) in [6.07, 6.45) is 1.83. The Bertz CT molecular complexity index is 171. The largest absolute Gasteiger partial charge is 0.249 e. The molecular weight excluding hydrogens is 128 g/mol. The second-order valence-corrected chi connectivity index (χ2v) is 2.20. The quantitative estimate of drug-likeness (QED) is 0.519. The molecule has 1 aliphatic rings. The van der Waals surface area contributed by atoms with Gasteiger partial charge in [0.25, 0.3) is 0 Å². The van der Waals surface area contributed by atoms with Crippen molar-refractivity contribution in [1.29, 1.82) is 0 Å². The molecular formula is C6H12N4. The summed E-state index contributed by atoms with van der Waals surface area (Å²) in [6.45, 7) is 4.76. The first kappa shape index (κ1) is 7.28. The second kappa shape index (κ2) is 2.84. The van der Waals surface area contributed by atoms with E-state index < -0.39 is 0 Å². The lowest BCUT2D eigenvalue weighted by Crippen LogP contribution is -2.50. The first-order valence-corrected chi connectivity index (χ1v) is 3.36. The van der Waals surface area contributed by atoms with Crippen molar-refractivity contribution in [3.63, 3.8) is 0 Å². The van der Waals surface area contributed by atoms with Crippen molar-refractivity contribution in [3.8, 4) is 0 Å². The minimum atomic E-state index is 0.192. The Morgan fingerprint density at radius 1 is 1.80 bits per heavy atom. The lowest BCUT2D eigenvalue weighted by Gasteiger charge is -2.31. The highest BCUT2D eigenvalue weighted by atomic mass is 15.9. The highest BCUT2D eigenvalue weighted by molar-refractivity contribution is 5.53. The predicted octanol–water partition coefficient (Wildman–Crippen LogP) is -0.0580. The van der Waals surface area contributed by atoms with Crippen LogP contribution in [-0.4, -0.2) is 28.7 Å². The molecule has 1 heterocycles. The molecule has 0 aromatic heterocycles. The number of nitrogens with two attached hydrogens (primary N) is 1. The average Bonchev–Trinajstić information content (AvgIpc) is 1.95. The highest BCUT2D eigenvalue weighted by Gasteiger charge is 2.14. The molecule has 1 atom stereocenters. The second-order valence-electron chi connectivity index (χ2n) is 2.20. The van der Waals surface area contributed by atoms with Gasteiger partial charge in [-0.3, -0.25) is 0 Å². The van der Waals surface area contributed by atoms with E-state index in [0.29, 0.717) is 0 Å².